The second kappa shape index (κ2) is 12.5. The van der Waals surface area contributed by atoms with E-state index < -0.39 is 0 Å². The third kappa shape index (κ3) is 6.57. The number of aromatic nitrogens is 3. The molecule has 0 saturated carbocycles. The topological polar surface area (TPSA) is 37.2 Å². The number of aryl methyl sites for hydroxylation is 3. The molecule has 0 atom stereocenters. The largest absolute Gasteiger partial charge is 0.308 e. The van der Waals surface area contributed by atoms with Gasteiger partial charge in [-0.1, -0.05) is 50.3 Å². The van der Waals surface area contributed by atoms with Crippen LogP contribution < -0.4 is 0 Å². The van der Waals surface area contributed by atoms with Crippen molar-refractivity contribution in [3.63, 3.8) is 0 Å². The average Bonchev–Trinajstić information content (AvgIpc) is 3.13. The van der Waals surface area contributed by atoms with Crippen LogP contribution in [0.1, 0.15) is 42.1 Å². The van der Waals surface area contributed by atoms with Crippen LogP contribution in [0.2, 0.25) is 0 Å². The maximum Gasteiger partial charge on any atom is 0.160 e. The Morgan fingerprint density at radius 2 is 1.58 bits per heavy atom. The molecule has 0 unspecified atom stereocenters. The maximum atomic E-state index is 4.86. The summed E-state index contributed by atoms with van der Waals surface area (Å²) in [5.41, 5.74) is 6.82. The Balaban J connectivity index is 0.00000193. The van der Waals surface area contributed by atoms with E-state index in [1.807, 2.05) is 0 Å². The van der Waals surface area contributed by atoms with Crippen molar-refractivity contribution >= 4 is 42.1 Å². The van der Waals surface area contributed by atoms with E-state index in [2.05, 4.69) is 84.5 Å². The minimum Gasteiger partial charge on any atom is -0.308 e. The maximum absolute atomic E-state index is 4.86. The molecule has 0 amide bonds. The number of rotatable bonds is 7. The molecule has 0 spiro atoms. The van der Waals surface area contributed by atoms with Crippen molar-refractivity contribution in [2.45, 2.75) is 40.7 Å². The third-order valence-electron chi connectivity index (χ3n) is 6.32. The van der Waals surface area contributed by atoms with Gasteiger partial charge in [-0.05, 0) is 43.1 Å². The third-order valence-corrected chi connectivity index (χ3v) is 6.32. The molecule has 3 aromatic rings. The number of benzene rings is 1. The fraction of sp³-hybridized carbons (Fsp3) is 0.462. The van der Waals surface area contributed by atoms with Gasteiger partial charge in [-0.15, -0.1) is 24.8 Å². The number of imidazole rings is 1. The number of piperazine rings is 1. The minimum absolute atomic E-state index is 0. The van der Waals surface area contributed by atoms with Crippen LogP contribution in [0.4, 0.5) is 0 Å². The normalized spacial score (nSPS) is 15.0. The number of pyridine rings is 1. The van der Waals surface area contributed by atoms with Crippen molar-refractivity contribution in [2.24, 2.45) is 0 Å². The lowest BCUT2D eigenvalue weighted by Gasteiger charge is -2.33. The van der Waals surface area contributed by atoms with E-state index in [1.165, 1.54) is 49.4 Å². The summed E-state index contributed by atoms with van der Waals surface area (Å²) < 4.78 is 2.27. The molecule has 1 aromatic carbocycles. The summed E-state index contributed by atoms with van der Waals surface area (Å²) in [6.07, 6.45) is 5.45. The first-order valence-corrected chi connectivity index (χ1v) is 11.6. The van der Waals surface area contributed by atoms with Gasteiger partial charge in [-0.25, -0.2) is 9.97 Å². The molecule has 0 aliphatic carbocycles. The van der Waals surface area contributed by atoms with Crippen LogP contribution in [-0.2, 0) is 13.0 Å². The first kappa shape index (κ1) is 27.3. The van der Waals surface area contributed by atoms with Crippen molar-refractivity contribution in [2.75, 3.05) is 39.3 Å². The highest BCUT2D eigenvalue weighted by atomic mass is 35.5. The predicted octanol–water partition coefficient (Wildman–Crippen LogP) is 5.15. The quantitative estimate of drug-likeness (QED) is 0.459. The van der Waals surface area contributed by atoms with Crippen LogP contribution in [0.25, 0.3) is 17.2 Å². The van der Waals surface area contributed by atoms with Crippen LogP contribution in [0.5, 0.6) is 0 Å². The molecule has 7 heteroatoms. The molecule has 3 heterocycles. The van der Waals surface area contributed by atoms with E-state index in [9.17, 15) is 0 Å². The lowest BCUT2D eigenvalue weighted by molar-refractivity contribution is 0.148. The van der Waals surface area contributed by atoms with Crippen LogP contribution in [-0.4, -0.2) is 63.6 Å². The zero-order valence-electron chi connectivity index (χ0n) is 20.3. The number of halogens is 2. The summed E-state index contributed by atoms with van der Waals surface area (Å²) in [5, 5.41) is 0. The van der Waals surface area contributed by atoms with E-state index in [-0.39, 0.29) is 24.8 Å². The van der Waals surface area contributed by atoms with Gasteiger partial charge in [0.25, 0.3) is 0 Å². The van der Waals surface area contributed by atoms with E-state index >= 15 is 0 Å². The van der Waals surface area contributed by atoms with E-state index in [0.717, 1.165) is 42.2 Å². The highest BCUT2D eigenvalue weighted by Gasteiger charge is 2.14. The number of hydrogen-bond acceptors (Lipinski definition) is 4. The van der Waals surface area contributed by atoms with Crippen LogP contribution in [0.3, 0.4) is 0 Å². The summed E-state index contributed by atoms with van der Waals surface area (Å²) in [7, 11) is 0. The molecule has 4 rings (SSSR count). The summed E-state index contributed by atoms with van der Waals surface area (Å²) in [6, 6.07) is 11.0. The van der Waals surface area contributed by atoms with Gasteiger partial charge in [-0.3, -0.25) is 4.90 Å². The van der Waals surface area contributed by atoms with Gasteiger partial charge < -0.3 is 9.47 Å². The van der Waals surface area contributed by atoms with E-state index in [0.29, 0.717) is 0 Å². The first-order chi connectivity index (χ1) is 15.1. The van der Waals surface area contributed by atoms with Gasteiger partial charge >= 0.3 is 0 Å². The zero-order chi connectivity index (χ0) is 21.8. The molecule has 5 nitrogen and oxygen atoms in total. The monoisotopic (exact) mass is 489 g/mol. The molecule has 1 aliphatic heterocycles. The standard InChI is InChI=1S/C26H35N5.2ClH/c1-5-24-28-25-20(3)18-21(4)27-26(25)31(24)19-23-11-9-22(10-12-23)8-7-13-30-16-14-29(6-2)15-17-30;;/h7-12,18H,5-6,13-17,19H2,1-4H3;2*1H. The number of hydrogen-bond donors (Lipinski definition) is 0. The second-order valence-corrected chi connectivity index (χ2v) is 8.60. The van der Waals surface area contributed by atoms with Gasteiger partial charge in [0.05, 0.1) is 6.54 Å². The molecule has 33 heavy (non-hydrogen) atoms. The number of nitrogens with zero attached hydrogens (tertiary/aromatic N) is 5. The molecule has 1 fully saturated rings. The molecular formula is C26H37Cl2N5. The fourth-order valence-electron chi connectivity index (χ4n) is 4.43. The number of likely N-dealkylation sites (N-methyl/N-ethyl adjacent to an activating group) is 1. The summed E-state index contributed by atoms with van der Waals surface area (Å²) in [6.45, 7) is 16.3. The second-order valence-electron chi connectivity index (χ2n) is 8.60. The fourth-order valence-corrected chi connectivity index (χ4v) is 4.43. The van der Waals surface area contributed by atoms with Crippen LogP contribution >= 0.6 is 24.8 Å². The van der Waals surface area contributed by atoms with Gasteiger partial charge in [0.2, 0.25) is 0 Å². The predicted molar refractivity (Wildman–Crippen MR) is 144 cm³/mol. The summed E-state index contributed by atoms with van der Waals surface area (Å²) in [5.74, 6) is 1.10. The van der Waals surface area contributed by atoms with Gasteiger partial charge in [0, 0.05) is 44.8 Å². The number of fused-ring (bicyclic) bond motifs is 1. The molecule has 1 aliphatic rings. The minimum atomic E-state index is 0. The van der Waals surface area contributed by atoms with E-state index in [1.54, 1.807) is 0 Å². The molecule has 2 aromatic heterocycles. The molecule has 0 N–H and O–H groups in total. The Bertz CT molecular complexity index is 1050. The molecular weight excluding hydrogens is 453 g/mol. The highest BCUT2D eigenvalue weighted by Crippen LogP contribution is 2.21. The van der Waals surface area contributed by atoms with Crippen molar-refractivity contribution in [3.8, 4) is 0 Å². The Hall–Kier alpha value is -1.92. The van der Waals surface area contributed by atoms with Gasteiger partial charge in [0.15, 0.2) is 5.65 Å². The van der Waals surface area contributed by atoms with Crippen molar-refractivity contribution in [3.05, 3.63) is 64.6 Å². The Morgan fingerprint density at radius 1 is 0.909 bits per heavy atom. The molecule has 0 bridgehead atoms. The van der Waals surface area contributed by atoms with Crippen LogP contribution in [0, 0.1) is 13.8 Å². The smallest absolute Gasteiger partial charge is 0.160 e. The molecule has 1 saturated heterocycles. The van der Waals surface area contributed by atoms with Gasteiger partial charge in [0.1, 0.15) is 11.3 Å². The Kier molecular flexibility index (Phi) is 10.4. The first-order valence-electron chi connectivity index (χ1n) is 11.6. The van der Waals surface area contributed by atoms with Crippen LogP contribution in [0.15, 0.2) is 36.4 Å². The highest BCUT2D eigenvalue weighted by molar-refractivity contribution is 5.85. The van der Waals surface area contributed by atoms with Crippen molar-refractivity contribution in [1.82, 2.24) is 24.3 Å². The molecule has 0 radical (unpaired) electrons. The zero-order valence-corrected chi connectivity index (χ0v) is 21.9. The Labute approximate surface area is 210 Å². The van der Waals surface area contributed by atoms with Crippen molar-refractivity contribution in [1.29, 1.82) is 0 Å². The molecule has 180 valence electrons. The SMILES string of the molecule is CCc1nc2c(C)cc(C)nc2n1Cc1ccc(C=CCN2CCN(CC)CC2)cc1.Cl.Cl. The van der Waals surface area contributed by atoms with E-state index in [4.69, 9.17) is 9.97 Å². The van der Waals surface area contributed by atoms with Crippen molar-refractivity contribution < 1.29 is 0 Å². The summed E-state index contributed by atoms with van der Waals surface area (Å²) in [4.78, 5) is 14.7. The summed E-state index contributed by atoms with van der Waals surface area (Å²) >= 11 is 0. The Morgan fingerprint density at radius 3 is 2.21 bits per heavy atom. The van der Waals surface area contributed by atoms with Gasteiger partial charge in [-0.2, -0.15) is 0 Å². The lowest BCUT2D eigenvalue weighted by atomic mass is 10.1. The lowest BCUT2D eigenvalue weighted by Crippen LogP contribution is -2.45. The average molecular weight is 491 g/mol.